The van der Waals surface area contributed by atoms with Crippen molar-refractivity contribution in [3.8, 4) is 0 Å². The predicted molar refractivity (Wildman–Crippen MR) is 86.2 cm³/mol. The molecule has 0 radical (unpaired) electrons. The number of esters is 1. The van der Waals surface area contributed by atoms with Crippen molar-refractivity contribution >= 4 is 56.5 Å². The number of rotatable bonds is 2. The van der Waals surface area contributed by atoms with E-state index in [9.17, 15) is 4.79 Å². The number of benzene rings is 1. The van der Waals surface area contributed by atoms with E-state index in [4.69, 9.17) is 9.15 Å². The van der Waals surface area contributed by atoms with Crippen molar-refractivity contribution in [1.82, 2.24) is 0 Å². The second kappa shape index (κ2) is 5.53. The van der Waals surface area contributed by atoms with Crippen LogP contribution in [0.25, 0.3) is 6.08 Å². The Kier molecular flexibility index (Phi) is 3.75. The molecule has 4 nitrogen and oxygen atoms in total. The van der Waals surface area contributed by atoms with Gasteiger partial charge in [0.2, 0.25) is 5.90 Å². The highest BCUT2D eigenvalue weighted by atomic mass is 127. The summed E-state index contributed by atoms with van der Waals surface area (Å²) in [5, 5.41) is 0. The van der Waals surface area contributed by atoms with E-state index >= 15 is 0 Å². The summed E-state index contributed by atoms with van der Waals surface area (Å²) in [6.07, 6.45) is 1.56. The average molecular weight is 444 g/mol. The Bertz CT molecular complexity index is 748. The molecular weight excluding hydrogens is 437 g/mol. The van der Waals surface area contributed by atoms with Crippen molar-refractivity contribution in [1.29, 1.82) is 0 Å². The Labute approximate surface area is 136 Å². The molecule has 1 aliphatic rings. The largest absolute Gasteiger partial charge is 0.451 e. The van der Waals surface area contributed by atoms with Gasteiger partial charge in [0.1, 0.15) is 5.76 Å². The van der Waals surface area contributed by atoms with Gasteiger partial charge in [0.05, 0.1) is 5.56 Å². The molecule has 0 amide bonds. The highest BCUT2D eigenvalue weighted by Gasteiger charge is 2.25. The fourth-order valence-corrected chi connectivity index (χ4v) is 2.59. The third-order valence-corrected chi connectivity index (χ3v) is 3.87. The summed E-state index contributed by atoms with van der Waals surface area (Å²) >= 11 is 5.46. The quantitative estimate of drug-likeness (QED) is 0.400. The van der Waals surface area contributed by atoms with Gasteiger partial charge >= 0.3 is 5.97 Å². The second-order valence-electron chi connectivity index (χ2n) is 3.96. The number of furan rings is 1. The van der Waals surface area contributed by atoms with E-state index in [1.54, 1.807) is 12.1 Å². The average Bonchev–Trinajstić information content (AvgIpc) is 2.98. The lowest BCUT2D eigenvalue weighted by Crippen LogP contribution is -2.05. The van der Waals surface area contributed by atoms with Crippen LogP contribution in [0.15, 0.2) is 56.0 Å². The molecule has 3 rings (SSSR count). The SMILES string of the molecule is O=C1OC(c2ccccc2Br)=NC1=Cc1ccc(I)o1. The van der Waals surface area contributed by atoms with E-state index in [1.807, 2.05) is 30.3 Å². The summed E-state index contributed by atoms with van der Waals surface area (Å²) in [4.78, 5) is 16.0. The molecule has 0 saturated heterocycles. The van der Waals surface area contributed by atoms with Gasteiger partial charge in [-0.25, -0.2) is 9.79 Å². The number of hydrogen-bond donors (Lipinski definition) is 0. The van der Waals surface area contributed by atoms with Crippen LogP contribution in [0.5, 0.6) is 0 Å². The van der Waals surface area contributed by atoms with Gasteiger partial charge in [-0.05, 0) is 62.8 Å². The van der Waals surface area contributed by atoms with Gasteiger partial charge < -0.3 is 9.15 Å². The number of carbonyl (C=O) groups is 1. The van der Waals surface area contributed by atoms with Crippen molar-refractivity contribution in [2.24, 2.45) is 4.99 Å². The summed E-state index contributed by atoms with van der Waals surface area (Å²) in [6, 6.07) is 11.0. The Morgan fingerprint density at radius 1 is 1.20 bits per heavy atom. The number of aliphatic imine (C=N–C) groups is 1. The van der Waals surface area contributed by atoms with Crippen LogP contribution in [0.2, 0.25) is 0 Å². The second-order valence-corrected chi connectivity index (χ2v) is 5.88. The maximum Gasteiger partial charge on any atom is 0.363 e. The molecule has 0 saturated carbocycles. The molecule has 0 spiro atoms. The number of hydrogen-bond acceptors (Lipinski definition) is 4. The number of nitrogens with zero attached hydrogens (tertiary/aromatic N) is 1. The van der Waals surface area contributed by atoms with Crippen LogP contribution in [0.3, 0.4) is 0 Å². The van der Waals surface area contributed by atoms with E-state index in [0.717, 1.165) is 13.8 Å². The minimum Gasteiger partial charge on any atom is -0.451 e. The van der Waals surface area contributed by atoms with Crippen LogP contribution < -0.4 is 0 Å². The van der Waals surface area contributed by atoms with Crippen LogP contribution >= 0.6 is 38.5 Å². The fourth-order valence-electron chi connectivity index (χ4n) is 1.70. The number of ether oxygens (including phenoxy) is 1. The van der Waals surface area contributed by atoms with Gasteiger partial charge in [-0.15, -0.1) is 0 Å². The van der Waals surface area contributed by atoms with Gasteiger partial charge in [-0.2, -0.15) is 0 Å². The lowest BCUT2D eigenvalue weighted by Gasteiger charge is -2.01. The third kappa shape index (κ3) is 2.71. The number of cyclic esters (lactones) is 1. The molecule has 1 aliphatic heterocycles. The van der Waals surface area contributed by atoms with Gasteiger partial charge in [0.25, 0.3) is 0 Å². The molecule has 0 fully saturated rings. The summed E-state index contributed by atoms with van der Waals surface area (Å²) < 4.78 is 12.1. The van der Waals surface area contributed by atoms with Crippen LogP contribution in [0.4, 0.5) is 0 Å². The monoisotopic (exact) mass is 443 g/mol. The number of carbonyl (C=O) groups excluding carboxylic acids is 1. The summed E-state index contributed by atoms with van der Waals surface area (Å²) in [6.45, 7) is 0. The van der Waals surface area contributed by atoms with Crippen molar-refractivity contribution < 1.29 is 13.9 Å². The highest BCUT2D eigenvalue weighted by Crippen LogP contribution is 2.24. The predicted octanol–water partition coefficient (Wildman–Crippen LogP) is 3.99. The zero-order valence-corrected chi connectivity index (χ0v) is 13.7. The molecule has 2 heterocycles. The van der Waals surface area contributed by atoms with Crippen LogP contribution in [-0.4, -0.2) is 11.9 Å². The zero-order chi connectivity index (χ0) is 14.1. The molecule has 20 heavy (non-hydrogen) atoms. The van der Waals surface area contributed by atoms with Gasteiger partial charge in [0.15, 0.2) is 9.46 Å². The molecule has 100 valence electrons. The standard InChI is InChI=1S/C14H7BrINO3/c15-10-4-2-1-3-9(10)13-17-11(14(18)20-13)7-8-5-6-12(16)19-8/h1-7H. The third-order valence-electron chi connectivity index (χ3n) is 2.60. The lowest BCUT2D eigenvalue weighted by atomic mass is 10.2. The first-order valence-corrected chi connectivity index (χ1v) is 7.53. The fraction of sp³-hybridized carbons (Fsp3) is 0. The Balaban J connectivity index is 1.97. The Morgan fingerprint density at radius 3 is 2.70 bits per heavy atom. The minimum atomic E-state index is -0.484. The Hall–Kier alpha value is -1.41. The first kappa shape index (κ1) is 13.6. The van der Waals surface area contributed by atoms with Crippen molar-refractivity contribution in [2.45, 2.75) is 0 Å². The van der Waals surface area contributed by atoms with Crippen LogP contribution in [0, 0.1) is 3.77 Å². The molecule has 0 atom stereocenters. The first-order chi connectivity index (χ1) is 9.63. The zero-order valence-electron chi connectivity index (χ0n) is 9.97. The van der Waals surface area contributed by atoms with E-state index in [0.29, 0.717) is 5.76 Å². The lowest BCUT2D eigenvalue weighted by molar-refractivity contribution is -0.129. The normalized spacial score (nSPS) is 16.4. The van der Waals surface area contributed by atoms with E-state index in [1.165, 1.54) is 0 Å². The van der Waals surface area contributed by atoms with Gasteiger partial charge in [-0.1, -0.05) is 12.1 Å². The van der Waals surface area contributed by atoms with Gasteiger partial charge in [-0.3, -0.25) is 0 Å². The highest BCUT2D eigenvalue weighted by molar-refractivity contribution is 14.1. The maximum absolute atomic E-state index is 11.8. The maximum atomic E-state index is 11.8. The summed E-state index contributed by atoms with van der Waals surface area (Å²) in [5.74, 6) is 0.371. The molecule has 0 aliphatic carbocycles. The smallest absolute Gasteiger partial charge is 0.363 e. The van der Waals surface area contributed by atoms with Crippen LogP contribution in [-0.2, 0) is 9.53 Å². The molecule has 0 bridgehead atoms. The van der Waals surface area contributed by atoms with E-state index in [-0.39, 0.29) is 11.6 Å². The molecule has 2 aromatic rings. The molecule has 1 aromatic heterocycles. The molecule has 6 heteroatoms. The summed E-state index contributed by atoms with van der Waals surface area (Å²) in [7, 11) is 0. The molecule has 1 aromatic carbocycles. The van der Waals surface area contributed by atoms with Crippen molar-refractivity contribution in [3.05, 3.63) is 61.7 Å². The van der Waals surface area contributed by atoms with E-state index in [2.05, 4.69) is 43.5 Å². The molecule has 0 unspecified atom stereocenters. The Morgan fingerprint density at radius 2 is 2.00 bits per heavy atom. The van der Waals surface area contributed by atoms with E-state index < -0.39 is 5.97 Å². The molecular formula is C14H7BrINO3. The van der Waals surface area contributed by atoms with Crippen molar-refractivity contribution in [3.63, 3.8) is 0 Å². The first-order valence-electron chi connectivity index (χ1n) is 5.66. The number of halogens is 2. The minimum absolute atomic E-state index is 0.224. The molecule has 0 N–H and O–H groups in total. The topological polar surface area (TPSA) is 51.8 Å². The van der Waals surface area contributed by atoms with Crippen molar-refractivity contribution in [2.75, 3.05) is 0 Å². The van der Waals surface area contributed by atoms with Gasteiger partial charge in [0, 0.05) is 10.5 Å². The summed E-state index contributed by atoms with van der Waals surface area (Å²) in [5.41, 5.74) is 0.958. The van der Waals surface area contributed by atoms with Crippen LogP contribution in [0.1, 0.15) is 11.3 Å².